The van der Waals surface area contributed by atoms with Crippen LogP contribution in [0.2, 0.25) is 0 Å². The lowest BCUT2D eigenvalue weighted by Crippen LogP contribution is -2.26. The lowest BCUT2D eigenvalue weighted by atomic mass is 9.86. The molecule has 2 aliphatic heterocycles. The molecule has 194 valence electrons. The van der Waals surface area contributed by atoms with Crippen molar-refractivity contribution in [2.75, 3.05) is 12.4 Å². The SMILES string of the molecule is CC.CC1(C)C=C(c2cc3c(c(F)n2)Oc2ccc(-c4cccnc4F)cc2C3CSC(=N)N)CCO1. The fraction of sp³-hybridized carbons (Fsp3) is 0.321. The summed E-state index contributed by atoms with van der Waals surface area (Å²) in [6, 6.07) is 10.4. The molecule has 2 aliphatic rings. The Morgan fingerprint density at radius 1 is 1.16 bits per heavy atom. The van der Waals surface area contributed by atoms with Crippen molar-refractivity contribution in [3.63, 3.8) is 0 Å². The summed E-state index contributed by atoms with van der Waals surface area (Å²) in [6.07, 6.45) is 3.97. The summed E-state index contributed by atoms with van der Waals surface area (Å²) in [5, 5.41) is 7.67. The molecule has 0 radical (unpaired) electrons. The van der Waals surface area contributed by atoms with E-state index in [1.54, 1.807) is 24.3 Å². The number of fused-ring (bicyclic) bond motifs is 2. The van der Waals surface area contributed by atoms with Gasteiger partial charge in [-0.05, 0) is 67.8 Å². The van der Waals surface area contributed by atoms with Crippen LogP contribution in [0.15, 0.2) is 48.7 Å². The largest absolute Gasteiger partial charge is 0.452 e. The Balaban J connectivity index is 0.00000156. The van der Waals surface area contributed by atoms with Gasteiger partial charge in [0.25, 0.3) is 5.95 Å². The van der Waals surface area contributed by atoms with E-state index in [1.165, 1.54) is 6.20 Å². The number of rotatable bonds is 4. The number of amidine groups is 1. The average molecular weight is 525 g/mol. The molecule has 1 unspecified atom stereocenters. The zero-order valence-corrected chi connectivity index (χ0v) is 22.1. The molecule has 0 amide bonds. The maximum atomic E-state index is 15.3. The number of pyridine rings is 2. The molecule has 2 aromatic heterocycles. The van der Waals surface area contributed by atoms with E-state index < -0.39 is 17.5 Å². The highest BCUT2D eigenvalue weighted by Gasteiger charge is 2.33. The van der Waals surface area contributed by atoms with E-state index in [2.05, 4.69) is 9.97 Å². The van der Waals surface area contributed by atoms with E-state index in [4.69, 9.17) is 20.6 Å². The number of hydrogen-bond acceptors (Lipinski definition) is 6. The lowest BCUT2D eigenvalue weighted by Gasteiger charge is -2.31. The molecule has 0 aliphatic carbocycles. The Morgan fingerprint density at radius 3 is 2.65 bits per heavy atom. The van der Waals surface area contributed by atoms with Gasteiger partial charge in [-0.15, -0.1) is 0 Å². The fourth-order valence-corrected chi connectivity index (χ4v) is 5.22. The van der Waals surface area contributed by atoms with E-state index in [0.29, 0.717) is 46.9 Å². The minimum absolute atomic E-state index is 0.0438. The zero-order valence-electron chi connectivity index (χ0n) is 21.3. The molecule has 37 heavy (non-hydrogen) atoms. The molecular weight excluding hydrogens is 494 g/mol. The molecular formula is C28H30F2N4O2S. The first-order valence-electron chi connectivity index (χ1n) is 12.2. The third kappa shape index (κ3) is 5.67. The predicted molar refractivity (Wildman–Crippen MR) is 144 cm³/mol. The van der Waals surface area contributed by atoms with Crippen LogP contribution in [0, 0.1) is 17.3 Å². The molecule has 0 saturated heterocycles. The van der Waals surface area contributed by atoms with Gasteiger partial charge in [0.1, 0.15) is 5.75 Å². The Morgan fingerprint density at radius 2 is 1.95 bits per heavy atom. The molecule has 1 aromatic carbocycles. The maximum Gasteiger partial charge on any atom is 0.256 e. The fourth-order valence-electron chi connectivity index (χ4n) is 4.52. The molecule has 3 aromatic rings. The quantitative estimate of drug-likeness (QED) is 0.219. The number of ether oxygens (including phenoxy) is 2. The molecule has 0 spiro atoms. The standard InChI is InChI=1S/C26H24F2N4O2S.C2H6/c1-26(2)12-15(7-9-33-26)20-11-18-19(13-35-25(29)30)17-10-14(16-4-3-8-31-23(16)27)5-6-21(17)34-22(18)24(28)32-20;1-2/h3-6,8,10-12,19H,7,9,13H2,1-2H3,(H3,29,30);1-2H3. The number of aromatic nitrogens is 2. The number of thioether (sulfide) groups is 1. The molecule has 9 heteroatoms. The number of halogens is 2. The lowest BCUT2D eigenvalue weighted by molar-refractivity contribution is 0.0164. The van der Waals surface area contributed by atoms with Gasteiger partial charge in [-0.25, -0.2) is 9.97 Å². The van der Waals surface area contributed by atoms with Crippen LogP contribution in [0.1, 0.15) is 56.9 Å². The van der Waals surface area contributed by atoms with Crippen molar-refractivity contribution < 1.29 is 18.3 Å². The summed E-state index contributed by atoms with van der Waals surface area (Å²) in [6.45, 7) is 8.42. The Labute approximate surface area is 219 Å². The molecule has 0 saturated carbocycles. The van der Waals surface area contributed by atoms with Gasteiger partial charge in [0.2, 0.25) is 5.95 Å². The van der Waals surface area contributed by atoms with Gasteiger partial charge in [0.15, 0.2) is 10.9 Å². The van der Waals surface area contributed by atoms with E-state index in [0.717, 1.165) is 22.9 Å². The number of nitrogens with two attached hydrogens (primary N) is 1. The Kier molecular flexibility index (Phi) is 7.94. The minimum atomic E-state index is -0.700. The highest BCUT2D eigenvalue weighted by molar-refractivity contribution is 8.13. The molecule has 4 heterocycles. The smallest absolute Gasteiger partial charge is 0.256 e. The van der Waals surface area contributed by atoms with Crippen LogP contribution in [0.25, 0.3) is 16.7 Å². The van der Waals surface area contributed by atoms with Crippen molar-refractivity contribution in [1.82, 2.24) is 9.97 Å². The van der Waals surface area contributed by atoms with Gasteiger partial charge in [0.05, 0.1) is 17.9 Å². The maximum absolute atomic E-state index is 15.3. The number of hydrogen-bond donors (Lipinski definition) is 2. The topological polar surface area (TPSA) is 94.1 Å². The summed E-state index contributed by atoms with van der Waals surface area (Å²) in [4.78, 5) is 7.96. The second-order valence-corrected chi connectivity index (χ2v) is 10.1. The first-order chi connectivity index (χ1) is 17.7. The molecule has 1 atom stereocenters. The third-order valence-corrected chi connectivity index (χ3v) is 6.92. The second kappa shape index (κ2) is 11.0. The van der Waals surface area contributed by atoms with Crippen LogP contribution < -0.4 is 10.5 Å². The van der Waals surface area contributed by atoms with E-state index in [-0.39, 0.29) is 16.8 Å². The van der Waals surface area contributed by atoms with Gasteiger partial charge < -0.3 is 15.2 Å². The van der Waals surface area contributed by atoms with Crippen LogP contribution in [0.3, 0.4) is 0 Å². The van der Waals surface area contributed by atoms with Gasteiger partial charge >= 0.3 is 0 Å². The highest BCUT2D eigenvalue weighted by atomic mass is 32.2. The molecule has 3 N–H and O–H groups in total. The molecule has 5 rings (SSSR count). The molecule has 0 fully saturated rings. The summed E-state index contributed by atoms with van der Waals surface area (Å²) in [5.41, 5.74) is 8.95. The third-order valence-electron chi connectivity index (χ3n) is 6.10. The first-order valence-corrected chi connectivity index (χ1v) is 13.2. The average Bonchev–Trinajstić information content (AvgIpc) is 2.87. The van der Waals surface area contributed by atoms with E-state index in [1.807, 2.05) is 45.9 Å². The van der Waals surface area contributed by atoms with Crippen LogP contribution in [-0.4, -0.2) is 33.1 Å². The Bertz CT molecular complexity index is 1360. The monoisotopic (exact) mass is 524 g/mol. The Hall–Kier alpha value is -3.30. The first kappa shape index (κ1) is 26.8. The van der Waals surface area contributed by atoms with Gasteiger partial charge in [0, 0.05) is 34.6 Å². The number of benzene rings is 1. The number of nitrogens with zero attached hydrogens (tertiary/aromatic N) is 2. The van der Waals surface area contributed by atoms with E-state index in [9.17, 15) is 4.39 Å². The summed E-state index contributed by atoms with van der Waals surface area (Å²) >= 11 is 1.16. The van der Waals surface area contributed by atoms with Crippen LogP contribution >= 0.6 is 11.8 Å². The summed E-state index contributed by atoms with van der Waals surface area (Å²) in [5.74, 6) is -0.734. The minimum Gasteiger partial charge on any atom is -0.452 e. The normalized spacial score (nSPS) is 17.4. The van der Waals surface area contributed by atoms with Crippen molar-refractivity contribution in [2.45, 2.75) is 45.6 Å². The zero-order chi connectivity index (χ0) is 26.7. The van der Waals surface area contributed by atoms with Crippen molar-refractivity contribution in [1.29, 1.82) is 5.41 Å². The van der Waals surface area contributed by atoms with E-state index >= 15 is 4.39 Å². The highest BCUT2D eigenvalue weighted by Crippen LogP contribution is 2.48. The van der Waals surface area contributed by atoms with Crippen molar-refractivity contribution in [2.24, 2.45) is 5.73 Å². The van der Waals surface area contributed by atoms with Gasteiger partial charge in [-0.3, -0.25) is 5.41 Å². The second-order valence-electron chi connectivity index (χ2n) is 9.01. The van der Waals surface area contributed by atoms with Gasteiger partial charge in [-0.2, -0.15) is 8.78 Å². The van der Waals surface area contributed by atoms with Gasteiger partial charge in [-0.1, -0.05) is 31.7 Å². The molecule has 6 nitrogen and oxygen atoms in total. The van der Waals surface area contributed by atoms with Crippen molar-refractivity contribution in [3.05, 3.63) is 77.4 Å². The van der Waals surface area contributed by atoms with Crippen LogP contribution in [0.4, 0.5) is 8.78 Å². The summed E-state index contributed by atoms with van der Waals surface area (Å²) in [7, 11) is 0. The number of nitrogens with one attached hydrogen (secondary N) is 1. The summed E-state index contributed by atoms with van der Waals surface area (Å²) < 4.78 is 41.4. The van der Waals surface area contributed by atoms with Crippen molar-refractivity contribution >= 4 is 22.5 Å². The van der Waals surface area contributed by atoms with Crippen LogP contribution in [0.5, 0.6) is 11.5 Å². The van der Waals surface area contributed by atoms with Crippen LogP contribution in [-0.2, 0) is 4.74 Å². The molecule has 0 bridgehead atoms. The predicted octanol–water partition coefficient (Wildman–Crippen LogP) is 6.89. The van der Waals surface area contributed by atoms with Crippen molar-refractivity contribution in [3.8, 4) is 22.6 Å².